The molecule has 11 atom stereocenters. The third kappa shape index (κ3) is 18.6. The lowest BCUT2D eigenvalue weighted by Gasteiger charge is -2.47. The van der Waals surface area contributed by atoms with E-state index in [1.165, 1.54) is 4.68 Å². The van der Waals surface area contributed by atoms with Crippen LogP contribution in [0, 0.1) is 29.1 Å². The Balaban J connectivity index is 0.877. The first-order chi connectivity index (χ1) is 39.7. The molecule has 0 unspecified atom stereocenters. The van der Waals surface area contributed by atoms with Crippen molar-refractivity contribution in [3.63, 3.8) is 0 Å². The van der Waals surface area contributed by atoms with Gasteiger partial charge in [-0.2, -0.15) is 8.78 Å². The Morgan fingerprint density at radius 1 is 0.747 bits per heavy atom. The number of nitrogens with zero attached hydrogens (tertiary/aromatic N) is 3. The first-order valence-corrected chi connectivity index (χ1v) is 25.9. The highest BCUT2D eigenvalue weighted by molar-refractivity contribution is 5.79. The summed E-state index contributed by atoms with van der Waals surface area (Å²) in [5, 5.41) is 98.6. The molecule has 10 N–H and O–H groups in total. The van der Waals surface area contributed by atoms with Gasteiger partial charge in [-0.15, -0.1) is 5.10 Å². The van der Waals surface area contributed by atoms with E-state index in [-0.39, 0.29) is 78.8 Å². The van der Waals surface area contributed by atoms with Gasteiger partial charge in [0.1, 0.15) is 43.2 Å². The van der Waals surface area contributed by atoms with E-state index < -0.39 is 158 Å². The van der Waals surface area contributed by atoms with Gasteiger partial charge >= 0.3 is 11.9 Å². The number of esters is 1. The van der Waals surface area contributed by atoms with Crippen LogP contribution in [0.5, 0.6) is 5.75 Å². The van der Waals surface area contributed by atoms with E-state index in [1.54, 1.807) is 18.3 Å². The van der Waals surface area contributed by atoms with Crippen molar-refractivity contribution in [1.82, 2.24) is 25.6 Å². The molecular formula is C52H64F5N5O21. The molecule has 3 heterocycles. The number of halogens is 5. The van der Waals surface area contributed by atoms with Gasteiger partial charge in [-0.05, 0) is 16.7 Å². The number of carboxylic acid groups (broad SMARTS) is 1. The minimum Gasteiger partial charge on any atom is -0.477 e. The molecular weight excluding hydrogens is 1130 g/mol. The van der Waals surface area contributed by atoms with Crippen molar-refractivity contribution in [2.24, 2.45) is 0 Å². The highest BCUT2D eigenvalue weighted by atomic mass is 19.2. The molecule has 4 aromatic rings. The molecule has 0 spiro atoms. The zero-order valence-corrected chi connectivity index (χ0v) is 44.2. The minimum absolute atomic E-state index is 0.00583. The number of aromatic nitrogens is 3. The molecule has 0 radical (unpaired) electrons. The molecule has 0 aliphatic carbocycles. The molecule has 2 saturated heterocycles. The molecule has 0 bridgehead atoms. The van der Waals surface area contributed by atoms with Gasteiger partial charge in [0.15, 0.2) is 6.29 Å². The van der Waals surface area contributed by atoms with Crippen molar-refractivity contribution in [2.45, 2.75) is 99.2 Å². The number of ether oxygens (including phenoxy) is 9. The summed E-state index contributed by atoms with van der Waals surface area (Å²) in [7, 11) is 0. The van der Waals surface area contributed by atoms with Crippen LogP contribution in [0.2, 0.25) is 0 Å². The first kappa shape index (κ1) is 65.9. The molecule has 1 aromatic heterocycles. The number of carbonyl (C=O) groups is 4. The third-order valence-electron chi connectivity index (χ3n) is 12.8. The van der Waals surface area contributed by atoms with Gasteiger partial charge in [-0.25, -0.2) is 22.6 Å². The van der Waals surface area contributed by atoms with Gasteiger partial charge in [0.05, 0.1) is 109 Å². The van der Waals surface area contributed by atoms with E-state index >= 15 is 0 Å². The largest absolute Gasteiger partial charge is 0.477 e. The van der Waals surface area contributed by atoms with Gasteiger partial charge in [0.2, 0.25) is 46.6 Å². The van der Waals surface area contributed by atoms with Crippen LogP contribution in [0.1, 0.15) is 24.1 Å². The van der Waals surface area contributed by atoms with Crippen LogP contribution in [-0.4, -0.2) is 226 Å². The van der Waals surface area contributed by atoms with Gasteiger partial charge in [0, 0.05) is 25.6 Å². The quantitative estimate of drug-likeness (QED) is 0.00653. The lowest BCUT2D eigenvalue weighted by Crippen LogP contribution is -2.69. The average Bonchev–Trinajstić information content (AvgIpc) is 3.25. The Labute approximate surface area is 469 Å². The highest BCUT2D eigenvalue weighted by Gasteiger charge is 2.57. The maximum atomic E-state index is 13.7. The number of aliphatic hydroxyl groups is 7. The molecule has 26 nitrogen and oxygen atoms in total. The Bertz CT molecular complexity index is 2690. The number of carboxylic acids is 1. The topological polar surface area (TPSA) is 368 Å². The van der Waals surface area contributed by atoms with Gasteiger partial charge in [-0.3, -0.25) is 14.4 Å². The molecule has 3 aromatic carbocycles. The molecule has 83 heavy (non-hydrogen) atoms. The number of hydrogen-bond donors (Lipinski definition) is 10. The number of aliphatic carboxylic acids is 1. The lowest BCUT2D eigenvalue weighted by atomic mass is 9.88. The molecule has 6 rings (SSSR count). The number of nitrogens with one attached hydrogen (secondary N) is 2. The molecule has 0 saturated carbocycles. The van der Waals surface area contributed by atoms with E-state index in [0.717, 1.165) is 11.1 Å². The number of benzene rings is 3. The molecule has 2 fully saturated rings. The van der Waals surface area contributed by atoms with E-state index in [0.29, 0.717) is 11.3 Å². The lowest BCUT2D eigenvalue weighted by molar-refractivity contribution is -0.338. The smallest absolute Gasteiger partial charge is 0.364 e. The molecule has 2 amide bonds. The van der Waals surface area contributed by atoms with Crippen LogP contribution >= 0.6 is 0 Å². The van der Waals surface area contributed by atoms with E-state index in [1.807, 2.05) is 42.5 Å². The molecule has 2 aliphatic rings. The second-order valence-corrected chi connectivity index (χ2v) is 18.8. The van der Waals surface area contributed by atoms with Gasteiger partial charge in [0.25, 0.3) is 5.79 Å². The van der Waals surface area contributed by atoms with Crippen LogP contribution in [-0.2, 0) is 76.5 Å². The summed E-state index contributed by atoms with van der Waals surface area (Å²) in [5.41, 5.74) is 2.93. The van der Waals surface area contributed by atoms with Crippen LogP contribution in [0.15, 0.2) is 60.8 Å². The van der Waals surface area contributed by atoms with Crippen molar-refractivity contribution < 1.29 is 125 Å². The summed E-state index contributed by atoms with van der Waals surface area (Å²) in [6.45, 7) is -1.79. The second-order valence-electron chi connectivity index (χ2n) is 18.8. The summed E-state index contributed by atoms with van der Waals surface area (Å²) in [6, 6.07) is 15.0. The Morgan fingerprint density at radius 3 is 1.98 bits per heavy atom. The zero-order chi connectivity index (χ0) is 60.2. The van der Waals surface area contributed by atoms with E-state index in [2.05, 4.69) is 25.7 Å². The highest BCUT2D eigenvalue weighted by Crippen LogP contribution is 2.35. The van der Waals surface area contributed by atoms with Crippen molar-refractivity contribution in [3.8, 4) is 16.9 Å². The molecule has 458 valence electrons. The predicted molar refractivity (Wildman–Crippen MR) is 268 cm³/mol. The summed E-state index contributed by atoms with van der Waals surface area (Å²) in [5.74, 6) is -20.9. The van der Waals surface area contributed by atoms with Crippen LogP contribution in [0.25, 0.3) is 11.1 Å². The maximum absolute atomic E-state index is 13.7. The standard InChI is InChI=1S/C52H64F5N5O21/c53-38-39(54)41(56)48(42(57)40(38)55)82-37(68)11-13-75-16-18-77-20-21-78-19-17-76-15-12-62-25-31(60-61-62)10-14-79-50-47(72)46(71)45(70)34(81-50)27-80-52(51(73)74)23-32(64)43(59-36(67)26-63)49(83-52)44(69)33(65)24-58-35(66)22-28-6-8-30(9-7-28)29-4-2-1-3-5-29/h1-9,25,32-34,43-47,49-50,63-65,69-72H,10-24,26-27H2,(H,58,66)(H,59,67)(H,73,74)/t32-,33+,34+,43+,44+,45-,46-,47+,49+,50+,52-/m0/s1. The number of amides is 2. The monoisotopic (exact) mass is 1190 g/mol. The maximum Gasteiger partial charge on any atom is 0.364 e. The Hall–Kier alpha value is -6.27. The number of rotatable bonds is 33. The summed E-state index contributed by atoms with van der Waals surface area (Å²) in [4.78, 5) is 49.9. The fourth-order valence-corrected chi connectivity index (χ4v) is 8.36. The average molecular weight is 1190 g/mol. The zero-order valence-electron chi connectivity index (χ0n) is 44.2. The van der Waals surface area contributed by atoms with Crippen molar-refractivity contribution >= 4 is 23.8 Å². The van der Waals surface area contributed by atoms with Crippen LogP contribution < -0.4 is 15.4 Å². The number of hydrogen-bond acceptors (Lipinski definition) is 22. The van der Waals surface area contributed by atoms with E-state index in [4.69, 9.17) is 37.9 Å². The second kappa shape index (κ2) is 32.1. The fourth-order valence-electron chi connectivity index (χ4n) is 8.36. The van der Waals surface area contributed by atoms with Crippen LogP contribution in [0.3, 0.4) is 0 Å². The van der Waals surface area contributed by atoms with Gasteiger partial charge < -0.3 is 94.1 Å². The van der Waals surface area contributed by atoms with Gasteiger partial charge in [-0.1, -0.05) is 59.8 Å². The van der Waals surface area contributed by atoms with Crippen molar-refractivity contribution in [3.05, 3.63) is 101 Å². The summed E-state index contributed by atoms with van der Waals surface area (Å²) < 4.78 is 117. The number of aliphatic hydroxyl groups excluding tert-OH is 7. The number of carbonyl (C=O) groups excluding carboxylic acids is 3. The normalized spacial score (nSPS) is 23.3. The predicted octanol–water partition coefficient (Wildman–Crippen LogP) is -1.43. The minimum atomic E-state index is -2.89. The van der Waals surface area contributed by atoms with Crippen molar-refractivity contribution in [2.75, 3.05) is 79.2 Å². The van der Waals surface area contributed by atoms with E-state index in [9.17, 15) is 82.0 Å². The fraction of sp³-hybridized carbons (Fsp3) is 0.538. The van der Waals surface area contributed by atoms with Crippen molar-refractivity contribution in [1.29, 1.82) is 0 Å². The summed E-state index contributed by atoms with van der Waals surface area (Å²) in [6.07, 6.45) is -16.8. The SMILES string of the molecule is O=C(Cc1ccc(-c2ccccc2)cc1)NC[C@@H](O)[C@@H](O)[C@@H]1O[C@](OC[C@H]2O[C@@H](OCCc3cn(CCOCCOCCOCCOCCC(=O)Oc4c(F)c(F)c(F)c(F)c4F)nn3)[C@H](O)[C@@H](O)[C@H]2O)(C(=O)O)C[C@H](O)[C@H]1NC(=O)CO. The first-order valence-electron chi connectivity index (χ1n) is 25.9. The summed E-state index contributed by atoms with van der Waals surface area (Å²) >= 11 is 0. The van der Waals surface area contributed by atoms with Crippen LogP contribution in [0.4, 0.5) is 22.0 Å². The Kier molecular flexibility index (Phi) is 25.5. The Morgan fingerprint density at radius 2 is 1.35 bits per heavy atom. The molecule has 2 aliphatic heterocycles. The third-order valence-corrected chi connectivity index (χ3v) is 12.8. The molecule has 31 heteroatoms.